The van der Waals surface area contributed by atoms with Crippen LogP contribution in [0, 0.1) is 5.82 Å². The second kappa shape index (κ2) is 7.92. The second-order valence-corrected chi connectivity index (χ2v) is 8.66. The van der Waals surface area contributed by atoms with Crippen LogP contribution >= 0.6 is 0 Å². The topological polar surface area (TPSA) is 85.5 Å². The summed E-state index contributed by atoms with van der Waals surface area (Å²) in [5.41, 5.74) is 0.599. The summed E-state index contributed by atoms with van der Waals surface area (Å²) in [6.45, 7) is 0.368. The Hall–Kier alpha value is -2.78. The van der Waals surface area contributed by atoms with Crippen molar-refractivity contribution >= 4 is 10.0 Å². The number of ether oxygens (including phenoxy) is 1. The first kappa shape index (κ1) is 19.5. The molecule has 9 heteroatoms. The first-order chi connectivity index (χ1) is 14.0. The normalized spacial score (nSPS) is 17.9. The predicted octanol–water partition coefficient (Wildman–Crippen LogP) is 3.80. The molecule has 1 saturated heterocycles. The van der Waals surface area contributed by atoms with Gasteiger partial charge in [0.25, 0.3) is 0 Å². The smallest absolute Gasteiger partial charge is 0.245 e. The third-order valence-electron chi connectivity index (χ3n) is 4.95. The van der Waals surface area contributed by atoms with Crippen molar-refractivity contribution in [3.8, 4) is 17.1 Å². The van der Waals surface area contributed by atoms with Gasteiger partial charge in [0.05, 0.1) is 12.0 Å². The highest BCUT2D eigenvalue weighted by molar-refractivity contribution is 7.89. The number of halogens is 1. The first-order valence-electron chi connectivity index (χ1n) is 9.24. The van der Waals surface area contributed by atoms with Crippen LogP contribution < -0.4 is 4.74 Å². The maximum absolute atomic E-state index is 13.2. The van der Waals surface area contributed by atoms with Crippen molar-refractivity contribution in [3.05, 3.63) is 60.2 Å². The van der Waals surface area contributed by atoms with Crippen molar-refractivity contribution in [2.45, 2.75) is 30.2 Å². The first-order valence-corrected chi connectivity index (χ1v) is 10.7. The van der Waals surface area contributed by atoms with Crippen molar-refractivity contribution in [2.75, 3.05) is 13.7 Å². The van der Waals surface area contributed by atoms with Gasteiger partial charge in [-0.05, 0) is 61.4 Å². The van der Waals surface area contributed by atoms with Gasteiger partial charge in [-0.25, -0.2) is 12.8 Å². The fourth-order valence-corrected chi connectivity index (χ4v) is 5.06. The molecule has 0 bridgehead atoms. The zero-order valence-corrected chi connectivity index (χ0v) is 16.6. The molecule has 1 aliphatic heterocycles. The molecule has 7 nitrogen and oxygen atoms in total. The Morgan fingerprint density at radius 1 is 1.10 bits per heavy atom. The van der Waals surface area contributed by atoms with Crippen molar-refractivity contribution in [2.24, 2.45) is 0 Å². The molecule has 0 spiro atoms. The van der Waals surface area contributed by atoms with Crippen LogP contribution in [0.15, 0.2) is 57.9 Å². The molecule has 0 radical (unpaired) electrons. The highest BCUT2D eigenvalue weighted by Crippen LogP contribution is 2.35. The number of aromatic nitrogens is 2. The zero-order chi connectivity index (χ0) is 20.4. The second-order valence-electron chi connectivity index (χ2n) is 6.77. The fourth-order valence-electron chi connectivity index (χ4n) is 3.41. The SMILES string of the molecule is COc1ccc(S(=O)(=O)N2CCCCC2c2nc(-c3ccc(F)cc3)no2)cc1. The van der Waals surface area contributed by atoms with E-state index in [2.05, 4.69) is 10.1 Å². The van der Waals surface area contributed by atoms with E-state index in [1.807, 2.05) is 0 Å². The molecule has 2 heterocycles. The third kappa shape index (κ3) is 3.88. The number of nitrogens with zero attached hydrogens (tertiary/aromatic N) is 3. The average molecular weight is 417 g/mol. The molecular weight excluding hydrogens is 397 g/mol. The minimum Gasteiger partial charge on any atom is -0.497 e. The van der Waals surface area contributed by atoms with Crippen molar-refractivity contribution in [3.63, 3.8) is 0 Å². The van der Waals surface area contributed by atoms with E-state index in [0.717, 1.165) is 12.8 Å². The van der Waals surface area contributed by atoms with Crippen LogP contribution in [0.25, 0.3) is 11.4 Å². The lowest BCUT2D eigenvalue weighted by Gasteiger charge is -2.32. The van der Waals surface area contributed by atoms with Crippen LogP contribution in [0.5, 0.6) is 5.75 Å². The molecule has 0 aliphatic carbocycles. The van der Waals surface area contributed by atoms with E-state index in [9.17, 15) is 12.8 Å². The molecule has 29 heavy (non-hydrogen) atoms. The van der Waals surface area contributed by atoms with E-state index in [0.29, 0.717) is 30.1 Å². The van der Waals surface area contributed by atoms with Gasteiger partial charge in [-0.1, -0.05) is 11.6 Å². The van der Waals surface area contributed by atoms with E-state index >= 15 is 0 Å². The van der Waals surface area contributed by atoms with Crippen molar-refractivity contribution in [1.29, 1.82) is 0 Å². The van der Waals surface area contributed by atoms with E-state index in [4.69, 9.17) is 9.26 Å². The van der Waals surface area contributed by atoms with Gasteiger partial charge in [-0.2, -0.15) is 9.29 Å². The Bertz CT molecular complexity index is 1080. The lowest BCUT2D eigenvalue weighted by molar-refractivity contribution is 0.204. The van der Waals surface area contributed by atoms with E-state index in [1.165, 1.54) is 35.7 Å². The van der Waals surface area contributed by atoms with Gasteiger partial charge >= 0.3 is 0 Å². The zero-order valence-electron chi connectivity index (χ0n) is 15.8. The molecule has 2 aromatic carbocycles. The standard InChI is InChI=1S/C20H20FN3O4S/c1-27-16-9-11-17(12-10-16)29(25,26)24-13-3-2-4-18(24)20-22-19(23-28-20)14-5-7-15(21)8-6-14/h5-12,18H,2-4,13H2,1H3. The Kier molecular flexibility index (Phi) is 5.33. The van der Waals surface area contributed by atoms with Crippen molar-refractivity contribution < 1.29 is 22.1 Å². The minimum absolute atomic E-state index is 0.184. The Labute approximate surface area is 168 Å². The summed E-state index contributed by atoms with van der Waals surface area (Å²) < 4.78 is 51.5. The summed E-state index contributed by atoms with van der Waals surface area (Å²) in [6, 6.07) is 11.5. The number of piperidine rings is 1. The van der Waals surface area contributed by atoms with E-state index in [1.54, 1.807) is 24.3 Å². The van der Waals surface area contributed by atoms with E-state index in [-0.39, 0.29) is 16.6 Å². The highest BCUT2D eigenvalue weighted by Gasteiger charge is 2.37. The molecule has 1 unspecified atom stereocenters. The number of rotatable bonds is 5. The van der Waals surface area contributed by atoms with Gasteiger partial charge in [0.1, 0.15) is 17.6 Å². The van der Waals surface area contributed by atoms with Gasteiger partial charge in [0.2, 0.25) is 21.7 Å². The van der Waals surface area contributed by atoms with Crippen LogP contribution in [0.4, 0.5) is 4.39 Å². The summed E-state index contributed by atoms with van der Waals surface area (Å²) in [7, 11) is -2.22. The molecule has 0 saturated carbocycles. The maximum atomic E-state index is 13.2. The van der Waals surface area contributed by atoms with Crippen LogP contribution in [-0.4, -0.2) is 36.5 Å². The predicted molar refractivity (Wildman–Crippen MR) is 103 cm³/mol. The number of sulfonamides is 1. The summed E-state index contributed by atoms with van der Waals surface area (Å²) in [6.07, 6.45) is 2.19. The molecule has 4 rings (SSSR count). The third-order valence-corrected chi connectivity index (χ3v) is 6.87. The maximum Gasteiger partial charge on any atom is 0.245 e. The quantitative estimate of drug-likeness (QED) is 0.628. The molecule has 152 valence electrons. The van der Waals surface area contributed by atoms with Crippen LogP contribution in [0.2, 0.25) is 0 Å². The summed E-state index contributed by atoms with van der Waals surface area (Å²) in [4.78, 5) is 4.58. The number of benzene rings is 2. The number of hydrogen-bond donors (Lipinski definition) is 0. The lowest BCUT2D eigenvalue weighted by Crippen LogP contribution is -2.38. The fraction of sp³-hybridized carbons (Fsp3) is 0.300. The largest absolute Gasteiger partial charge is 0.497 e. The molecule has 1 fully saturated rings. The Morgan fingerprint density at radius 3 is 2.52 bits per heavy atom. The average Bonchev–Trinajstić information content (AvgIpc) is 3.24. The highest BCUT2D eigenvalue weighted by atomic mass is 32.2. The van der Waals surface area contributed by atoms with Crippen LogP contribution in [0.3, 0.4) is 0 Å². The van der Waals surface area contributed by atoms with Gasteiger partial charge < -0.3 is 9.26 Å². The molecule has 1 aromatic heterocycles. The summed E-state index contributed by atoms with van der Waals surface area (Å²) in [5, 5.41) is 3.96. The van der Waals surface area contributed by atoms with Crippen molar-refractivity contribution in [1.82, 2.24) is 14.4 Å². The minimum atomic E-state index is -3.74. The van der Waals surface area contributed by atoms with Crippen LogP contribution in [0.1, 0.15) is 31.2 Å². The number of hydrogen-bond acceptors (Lipinski definition) is 6. The summed E-state index contributed by atoms with van der Waals surface area (Å²) >= 11 is 0. The van der Waals surface area contributed by atoms with Gasteiger partial charge in [-0.3, -0.25) is 0 Å². The molecule has 1 atom stereocenters. The Morgan fingerprint density at radius 2 is 1.83 bits per heavy atom. The van der Waals surface area contributed by atoms with E-state index < -0.39 is 16.1 Å². The molecule has 0 amide bonds. The van der Waals surface area contributed by atoms with Crippen LogP contribution in [-0.2, 0) is 10.0 Å². The molecular formula is C20H20FN3O4S. The number of methoxy groups -OCH3 is 1. The summed E-state index contributed by atoms with van der Waals surface area (Å²) in [5.74, 6) is 0.759. The Balaban J connectivity index is 1.64. The van der Waals surface area contributed by atoms with Gasteiger partial charge in [-0.15, -0.1) is 0 Å². The lowest BCUT2D eigenvalue weighted by atomic mass is 10.1. The molecule has 0 N–H and O–H groups in total. The molecule has 3 aromatic rings. The molecule has 1 aliphatic rings. The van der Waals surface area contributed by atoms with Gasteiger partial charge in [0, 0.05) is 12.1 Å². The monoisotopic (exact) mass is 417 g/mol. The van der Waals surface area contributed by atoms with Gasteiger partial charge in [0.15, 0.2) is 0 Å².